The minimum atomic E-state index is -0.537. The van der Waals surface area contributed by atoms with Gasteiger partial charge in [0.05, 0.1) is 12.4 Å². The van der Waals surface area contributed by atoms with E-state index in [-0.39, 0.29) is 24.6 Å². The van der Waals surface area contributed by atoms with Crippen molar-refractivity contribution in [2.24, 2.45) is 0 Å². The van der Waals surface area contributed by atoms with Crippen LogP contribution in [0, 0.1) is 6.92 Å². The number of thioether (sulfide) groups is 1. The lowest BCUT2D eigenvalue weighted by molar-refractivity contribution is -0.145. The van der Waals surface area contributed by atoms with Crippen molar-refractivity contribution >= 4 is 51.7 Å². The minimum Gasteiger partial charge on any atom is -0.466 e. The van der Waals surface area contributed by atoms with Crippen molar-refractivity contribution in [2.45, 2.75) is 24.6 Å². The van der Waals surface area contributed by atoms with Crippen molar-refractivity contribution < 1.29 is 19.1 Å². The first-order valence-corrected chi connectivity index (χ1v) is 9.54. The highest BCUT2D eigenvalue weighted by Gasteiger charge is 2.13. The highest BCUT2D eigenvalue weighted by Crippen LogP contribution is 2.25. The summed E-state index contributed by atoms with van der Waals surface area (Å²) in [5, 5.41) is 13.3. The van der Waals surface area contributed by atoms with Gasteiger partial charge >= 0.3 is 12.0 Å². The molecule has 2 amide bonds. The number of hydrogen-bond acceptors (Lipinski definition) is 8. The quantitative estimate of drug-likeness (QED) is 0.306. The molecule has 138 valence electrons. The Kier molecular flexibility index (Phi) is 7.54. The van der Waals surface area contributed by atoms with Gasteiger partial charge in [0.25, 0.3) is 0 Å². The summed E-state index contributed by atoms with van der Waals surface area (Å²) in [5.74, 6) is -0.705. The number of aromatic nitrogens is 2. The Morgan fingerprint density at radius 2 is 1.88 bits per heavy atom. The largest absolute Gasteiger partial charge is 0.466 e. The number of ether oxygens (including phenoxy) is 1. The number of urea groups is 1. The van der Waals surface area contributed by atoms with Crippen LogP contribution < -0.4 is 10.6 Å². The number of esters is 1. The normalized spacial score (nSPS) is 10.2. The summed E-state index contributed by atoms with van der Waals surface area (Å²) in [6, 6.07) is 6.95. The Morgan fingerprint density at radius 1 is 1.15 bits per heavy atom. The molecule has 0 saturated heterocycles. The van der Waals surface area contributed by atoms with Gasteiger partial charge in [0.2, 0.25) is 5.13 Å². The molecular weight excluding hydrogens is 376 g/mol. The molecule has 0 fully saturated rings. The Hall–Kier alpha value is -2.46. The molecule has 1 aromatic heterocycles. The van der Waals surface area contributed by atoms with Gasteiger partial charge in [-0.1, -0.05) is 40.8 Å². The highest BCUT2D eigenvalue weighted by molar-refractivity contribution is 8.01. The minimum absolute atomic E-state index is 0.0863. The van der Waals surface area contributed by atoms with Gasteiger partial charge in [0, 0.05) is 5.69 Å². The van der Waals surface area contributed by atoms with E-state index in [0.29, 0.717) is 15.2 Å². The second-order valence-electron chi connectivity index (χ2n) is 5.13. The van der Waals surface area contributed by atoms with E-state index in [9.17, 15) is 14.4 Å². The van der Waals surface area contributed by atoms with E-state index in [2.05, 4.69) is 20.8 Å². The maximum Gasteiger partial charge on any atom is 0.325 e. The Labute approximate surface area is 158 Å². The van der Waals surface area contributed by atoms with Crippen molar-refractivity contribution in [3.63, 3.8) is 0 Å². The third kappa shape index (κ3) is 6.81. The van der Waals surface area contributed by atoms with E-state index in [0.717, 1.165) is 28.7 Å². The van der Waals surface area contributed by atoms with Crippen LogP contribution >= 0.6 is 23.1 Å². The first kappa shape index (κ1) is 19.9. The van der Waals surface area contributed by atoms with Crippen LogP contribution in [0.25, 0.3) is 0 Å². The molecule has 1 aromatic carbocycles. The molecule has 2 N–H and O–H groups in total. The number of carbonyl (C=O) groups excluding carboxylic acids is 3. The van der Waals surface area contributed by atoms with E-state index in [1.54, 1.807) is 19.1 Å². The van der Waals surface area contributed by atoms with Gasteiger partial charge < -0.3 is 10.1 Å². The number of amides is 2. The average molecular weight is 394 g/mol. The number of carbonyl (C=O) groups is 3. The Morgan fingerprint density at radius 3 is 2.58 bits per heavy atom. The fraction of sp³-hybridized carbons (Fsp3) is 0.312. The molecule has 0 aliphatic rings. The van der Waals surface area contributed by atoms with E-state index in [1.165, 1.54) is 0 Å². The number of Topliss-reactive ketones (excluding diaryl/α,β-unsaturated/α-hetero) is 1. The Balaban J connectivity index is 1.78. The fourth-order valence-corrected chi connectivity index (χ4v) is 3.39. The third-order valence-corrected chi connectivity index (χ3v) is 4.97. The molecular formula is C16H18N4O4S2. The summed E-state index contributed by atoms with van der Waals surface area (Å²) < 4.78 is 5.24. The van der Waals surface area contributed by atoms with Crippen LogP contribution in [0.15, 0.2) is 28.6 Å². The monoisotopic (exact) mass is 394 g/mol. The number of ketones is 1. The maximum absolute atomic E-state index is 11.9. The van der Waals surface area contributed by atoms with Gasteiger partial charge in [0.1, 0.15) is 6.42 Å². The molecule has 0 atom stereocenters. The number of benzene rings is 1. The second kappa shape index (κ2) is 9.88. The smallest absolute Gasteiger partial charge is 0.325 e. The van der Waals surface area contributed by atoms with Crippen LogP contribution in [-0.2, 0) is 14.3 Å². The van der Waals surface area contributed by atoms with Crippen molar-refractivity contribution in [2.75, 3.05) is 23.0 Å². The fourth-order valence-electron chi connectivity index (χ4n) is 1.78. The maximum atomic E-state index is 11.9. The van der Waals surface area contributed by atoms with Gasteiger partial charge in [-0.05, 0) is 26.0 Å². The molecule has 2 rings (SSSR count). The van der Waals surface area contributed by atoms with Crippen LogP contribution in [0.1, 0.15) is 18.9 Å². The van der Waals surface area contributed by atoms with Gasteiger partial charge in [0.15, 0.2) is 10.1 Å². The van der Waals surface area contributed by atoms with Crippen molar-refractivity contribution in [3.8, 4) is 0 Å². The molecule has 0 saturated carbocycles. The Bertz CT molecular complexity index is 777. The molecule has 8 nitrogen and oxygen atoms in total. The molecule has 0 aliphatic heterocycles. The van der Waals surface area contributed by atoms with Crippen LogP contribution in [-0.4, -0.2) is 40.3 Å². The SMILES string of the molecule is CCOC(=O)CC(=O)CSc1nnc(NC(=O)Nc2ccc(C)cc2)s1. The van der Waals surface area contributed by atoms with E-state index < -0.39 is 12.0 Å². The van der Waals surface area contributed by atoms with Crippen molar-refractivity contribution in [3.05, 3.63) is 29.8 Å². The van der Waals surface area contributed by atoms with Gasteiger partial charge in [-0.25, -0.2) is 4.79 Å². The molecule has 0 bridgehead atoms. The lowest BCUT2D eigenvalue weighted by atomic mass is 10.2. The van der Waals surface area contributed by atoms with Crippen molar-refractivity contribution in [1.29, 1.82) is 0 Å². The highest BCUT2D eigenvalue weighted by atomic mass is 32.2. The predicted octanol–water partition coefficient (Wildman–Crippen LogP) is 3.10. The zero-order valence-corrected chi connectivity index (χ0v) is 15.9. The number of hydrogen-bond donors (Lipinski definition) is 2. The van der Waals surface area contributed by atoms with Crippen LogP contribution in [0.5, 0.6) is 0 Å². The first-order valence-electron chi connectivity index (χ1n) is 7.74. The molecule has 0 spiro atoms. The number of anilines is 2. The summed E-state index contributed by atoms with van der Waals surface area (Å²) in [6.45, 7) is 3.89. The summed E-state index contributed by atoms with van der Waals surface area (Å²) in [7, 11) is 0. The summed E-state index contributed by atoms with van der Waals surface area (Å²) in [4.78, 5) is 34.8. The summed E-state index contributed by atoms with van der Waals surface area (Å²) in [6.07, 6.45) is -0.260. The van der Waals surface area contributed by atoms with Gasteiger partial charge in [-0.2, -0.15) is 0 Å². The van der Waals surface area contributed by atoms with E-state index in [1.807, 2.05) is 19.1 Å². The number of rotatable bonds is 8. The second-order valence-corrected chi connectivity index (χ2v) is 7.33. The number of nitrogens with one attached hydrogen (secondary N) is 2. The topological polar surface area (TPSA) is 110 Å². The first-order chi connectivity index (χ1) is 12.5. The number of nitrogens with zero attached hydrogens (tertiary/aromatic N) is 2. The van der Waals surface area contributed by atoms with E-state index in [4.69, 9.17) is 4.74 Å². The average Bonchev–Trinajstić information content (AvgIpc) is 3.02. The molecule has 0 radical (unpaired) electrons. The zero-order valence-electron chi connectivity index (χ0n) is 14.3. The van der Waals surface area contributed by atoms with Crippen LogP contribution in [0.3, 0.4) is 0 Å². The number of aryl methyl sites for hydroxylation is 1. The molecule has 26 heavy (non-hydrogen) atoms. The van der Waals surface area contributed by atoms with Gasteiger partial charge in [-0.3, -0.25) is 14.9 Å². The van der Waals surface area contributed by atoms with E-state index >= 15 is 0 Å². The standard InChI is InChI=1S/C16H18N4O4S2/c1-3-24-13(22)8-12(21)9-25-16-20-19-15(26-16)18-14(23)17-11-6-4-10(2)5-7-11/h4-7H,3,8-9H2,1-2H3,(H2,17,18,19,23). The molecule has 10 heteroatoms. The molecule has 1 heterocycles. The molecule has 0 aliphatic carbocycles. The third-order valence-electron chi connectivity index (χ3n) is 2.94. The predicted molar refractivity (Wildman–Crippen MR) is 101 cm³/mol. The molecule has 2 aromatic rings. The molecule has 0 unspecified atom stereocenters. The lowest BCUT2D eigenvalue weighted by Gasteiger charge is -2.04. The lowest BCUT2D eigenvalue weighted by Crippen LogP contribution is -2.19. The van der Waals surface area contributed by atoms with Crippen LogP contribution in [0.2, 0.25) is 0 Å². The van der Waals surface area contributed by atoms with Crippen molar-refractivity contribution in [1.82, 2.24) is 10.2 Å². The van der Waals surface area contributed by atoms with Crippen LogP contribution in [0.4, 0.5) is 15.6 Å². The summed E-state index contributed by atoms with van der Waals surface area (Å²) in [5.41, 5.74) is 1.76. The van der Waals surface area contributed by atoms with Gasteiger partial charge in [-0.15, -0.1) is 10.2 Å². The summed E-state index contributed by atoms with van der Waals surface area (Å²) >= 11 is 2.30. The zero-order chi connectivity index (χ0) is 18.9.